The fraction of sp³-hybridized carbons (Fsp3) is 0.250. The van der Waals surface area contributed by atoms with Gasteiger partial charge in [-0.2, -0.15) is 5.10 Å². The van der Waals surface area contributed by atoms with Crippen molar-refractivity contribution in [1.29, 1.82) is 0 Å². The average molecular weight is 535 g/mol. The number of hydrogen-bond donors (Lipinski definition) is 2. The van der Waals surface area contributed by atoms with E-state index < -0.39 is 23.0 Å². The maximum Gasteiger partial charge on any atom is 0.407 e. The summed E-state index contributed by atoms with van der Waals surface area (Å²) >= 11 is 0. The van der Waals surface area contributed by atoms with Gasteiger partial charge in [-0.3, -0.25) is 14.9 Å². The van der Waals surface area contributed by atoms with E-state index in [1.54, 1.807) is 37.3 Å². The standard InChI is InChI=1S/C28H30N4O7/c1-3-37-26-17-22(12-15-25(26)39-19-21-10-13-23(14-11-21)32(35)36)18-29-31-27(33)24(30-28(34)38-4-2)16-20-8-6-5-7-9-20/h5-15,17-18,24H,3-4,16,19H2,1-2H3,(H,30,34)(H,31,33)/b29-18-/t24-/m0/s1. The topological polar surface area (TPSA) is 141 Å². The Hall–Kier alpha value is -4.93. The van der Waals surface area contributed by atoms with Gasteiger partial charge in [-0.15, -0.1) is 0 Å². The Bertz CT molecular complexity index is 1280. The first-order chi connectivity index (χ1) is 18.9. The molecular formula is C28H30N4O7. The molecule has 2 amide bonds. The maximum atomic E-state index is 12.8. The third-order valence-corrected chi connectivity index (χ3v) is 5.36. The number of hydrazone groups is 1. The molecule has 3 aromatic rings. The summed E-state index contributed by atoms with van der Waals surface area (Å²) < 4.78 is 16.5. The Morgan fingerprint density at radius 2 is 1.69 bits per heavy atom. The summed E-state index contributed by atoms with van der Waals surface area (Å²) in [6.45, 7) is 4.28. The number of hydrogen-bond acceptors (Lipinski definition) is 8. The van der Waals surface area contributed by atoms with Gasteiger partial charge in [0, 0.05) is 18.6 Å². The predicted octanol–water partition coefficient (Wildman–Crippen LogP) is 4.38. The number of nitro benzene ring substituents is 1. The molecule has 0 aliphatic heterocycles. The van der Waals surface area contributed by atoms with Gasteiger partial charge in [0.15, 0.2) is 11.5 Å². The summed E-state index contributed by atoms with van der Waals surface area (Å²) in [5.74, 6) is 0.454. The Balaban J connectivity index is 1.65. The quantitative estimate of drug-likeness (QED) is 0.188. The van der Waals surface area contributed by atoms with Crippen LogP contribution in [0.5, 0.6) is 11.5 Å². The Kier molecular flexibility index (Phi) is 10.8. The summed E-state index contributed by atoms with van der Waals surface area (Å²) in [6.07, 6.45) is 1.02. The molecule has 11 nitrogen and oxygen atoms in total. The molecular weight excluding hydrogens is 504 g/mol. The van der Waals surface area contributed by atoms with Gasteiger partial charge in [-0.1, -0.05) is 30.3 Å². The van der Waals surface area contributed by atoms with Crippen LogP contribution in [-0.2, 0) is 22.6 Å². The van der Waals surface area contributed by atoms with Gasteiger partial charge in [0.2, 0.25) is 0 Å². The largest absolute Gasteiger partial charge is 0.490 e. The molecule has 0 bridgehead atoms. The van der Waals surface area contributed by atoms with Crippen LogP contribution in [0, 0.1) is 10.1 Å². The van der Waals surface area contributed by atoms with Gasteiger partial charge in [0.1, 0.15) is 12.6 Å². The van der Waals surface area contributed by atoms with E-state index in [9.17, 15) is 19.7 Å². The molecule has 2 N–H and O–H groups in total. The average Bonchev–Trinajstić information content (AvgIpc) is 2.93. The molecule has 0 fully saturated rings. The van der Waals surface area contributed by atoms with Crippen LogP contribution in [-0.4, -0.2) is 42.4 Å². The highest BCUT2D eigenvalue weighted by molar-refractivity contribution is 5.87. The Morgan fingerprint density at radius 3 is 2.36 bits per heavy atom. The number of alkyl carbamates (subject to hydrolysis) is 1. The Labute approximate surface area is 225 Å². The normalized spacial score (nSPS) is 11.4. The van der Waals surface area contributed by atoms with Gasteiger partial charge in [0.25, 0.3) is 11.6 Å². The lowest BCUT2D eigenvalue weighted by Crippen LogP contribution is -2.47. The van der Waals surface area contributed by atoms with Crippen molar-refractivity contribution in [3.8, 4) is 11.5 Å². The van der Waals surface area contributed by atoms with Gasteiger partial charge >= 0.3 is 6.09 Å². The first-order valence-electron chi connectivity index (χ1n) is 12.3. The minimum Gasteiger partial charge on any atom is -0.490 e. The number of benzene rings is 3. The monoisotopic (exact) mass is 534 g/mol. The lowest BCUT2D eigenvalue weighted by atomic mass is 10.1. The number of carbonyl (C=O) groups excluding carboxylic acids is 2. The van der Waals surface area contributed by atoms with Crippen LogP contribution in [0.4, 0.5) is 10.5 Å². The molecule has 0 aliphatic carbocycles. The number of ether oxygens (including phenoxy) is 3. The van der Waals surface area contributed by atoms with Crippen LogP contribution in [0.15, 0.2) is 77.9 Å². The van der Waals surface area contributed by atoms with E-state index in [0.29, 0.717) is 23.7 Å². The molecule has 0 aliphatic rings. The van der Waals surface area contributed by atoms with Crippen molar-refractivity contribution in [2.75, 3.05) is 13.2 Å². The second-order valence-electron chi connectivity index (χ2n) is 8.19. The van der Waals surface area contributed by atoms with Gasteiger partial charge in [-0.05, 0) is 60.9 Å². The van der Waals surface area contributed by atoms with Crippen LogP contribution in [0.25, 0.3) is 0 Å². The summed E-state index contributed by atoms with van der Waals surface area (Å²) in [4.78, 5) is 35.1. The number of nitrogens with zero attached hydrogens (tertiary/aromatic N) is 2. The zero-order valence-electron chi connectivity index (χ0n) is 21.7. The van der Waals surface area contributed by atoms with Crippen molar-refractivity contribution in [2.24, 2.45) is 5.10 Å². The SMILES string of the molecule is CCOC(=O)N[C@@H](Cc1ccccc1)C(=O)N/N=C\c1ccc(OCc2ccc([N+](=O)[O-])cc2)c(OCC)c1. The molecule has 0 heterocycles. The second kappa shape index (κ2) is 14.7. The summed E-state index contributed by atoms with van der Waals surface area (Å²) in [5, 5.41) is 17.4. The predicted molar refractivity (Wildman–Crippen MR) is 145 cm³/mol. The number of non-ortho nitro benzene ring substituents is 1. The molecule has 0 spiro atoms. The first kappa shape index (κ1) is 28.6. The van der Waals surface area contributed by atoms with Crippen molar-refractivity contribution in [3.05, 3.63) is 99.6 Å². The van der Waals surface area contributed by atoms with Crippen molar-refractivity contribution in [2.45, 2.75) is 32.9 Å². The summed E-state index contributed by atoms with van der Waals surface area (Å²) in [7, 11) is 0. The molecule has 0 radical (unpaired) electrons. The molecule has 3 aromatic carbocycles. The van der Waals surface area contributed by atoms with E-state index >= 15 is 0 Å². The molecule has 0 unspecified atom stereocenters. The Morgan fingerprint density at radius 1 is 0.949 bits per heavy atom. The third-order valence-electron chi connectivity index (χ3n) is 5.36. The van der Waals surface area contributed by atoms with Crippen LogP contribution in [0.3, 0.4) is 0 Å². The van der Waals surface area contributed by atoms with Gasteiger partial charge in [-0.25, -0.2) is 10.2 Å². The van der Waals surface area contributed by atoms with Crippen LogP contribution in [0.1, 0.15) is 30.5 Å². The van der Waals surface area contributed by atoms with E-state index in [0.717, 1.165) is 11.1 Å². The van der Waals surface area contributed by atoms with E-state index in [1.165, 1.54) is 18.3 Å². The number of amides is 2. The van der Waals surface area contributed by atoms with Crippen LogP contribution >= 0.6 is 0 Å². The third kappa shape index (κ3) is 9.15. The second-order valence-corrected chi connectivity index (χ2v) is 8.19. The van der Waals surface area contributed by atoms with E-state index in [2.05, 4.69) is 15.8 Å². The van der Waals surface area contributed by atoms with Crippen molar-refractivity contribution in [3.63, 3.8) is 0 Å². The molecule has 1 atom stereocenters. The minimum atomic E-state index is -0.891. The zero-order valence-corrected chi connectivity index (χ0v) is 21.7. The lowest BCUT2D eigenvalue weighted by molar-refractivity contribution is -0.384. The highest BCUT2D eigenvalue weighted by Crippen LogP contribution is 2.29. The number of rotatable bonds is 13. The molecule has 0 saturated heterocycles. The van der Waals surface area contributed by atoms with E-state index in [4.69, 9.17) is 14.2 Å². The number of carbonyl (C=O) groups is 2. The first-order valence-corrected chi connectivity index (χ1v) is 12.3. The van der Waals surface area contributed by atoms with Gasteiger partial charge < -0.3 is 19.5 Å². The molecule has 3 rings (SSSR count). The van der Waals surface area contributed by atoms with Crippen molar-refractivity contribution < 1.29 is 28.7 Å². The minimum absolute atomic E-state index is 0.00699. The molecule has 0 saturated carbocycles. The molecule has 11 heteroatoms. The maximum absolute atomic E-state index is 12.8. The highest BCUT2D eigenvalue weighted by atomic mass is 16.6. The molecule has 204 valence electrons. The van der Waals surface area contributed by atoms with Crippen LogP contribution < -0.4 is 20.2 Å². The number of nitro groups is 1. The lowest BCUT2D eigenvalue weighted by Gasteiger charge is -2.17. The highest BCUT2D eigenvalue weighted by Gasteiger charge is 2.21. The van der Waals surface area contributed by atoms with Crippen molar-refractivity contribution >= 4 is 23.9 Å². The van der Waals surface area contributed by atoms with Gasteiger partial charge in [0.05, 0.1) is 24.4 Å². The summed E-state index contributed by atoms with van der Waals surface area (Å²) in [6, 6.07) is 19.6. The number of nitrogens with one attached hydrogen (secondary N) is 2. The van der Waals surface area contributed by atoms with E-state index in [-0.39, 0.29) is 25.3 Å². The molecule has 0 aromatic heterocycles. The zero-order chi connectivity index (χ0) is 28.0. The summed E-state index contributed by atoms with van der Waals surface area (Å²) in [5.41, 5.74) is 4.74. The fourth-order valence-corrected chi connectivity index (χ4v) is 3.49. The fourth-order valence-electron chi connectivity index (χ4n) is 3.49. The van der Waals surface area contributed by atoms with E-state index in [1.807, 2.05) is 37.3 Å². The smallest absolute Gasteiger partial charge is 0.407 e. The van der Waals surface area contributed by atoms with Crippen molar-refractivity contribution in [1.82, 2.24) is 10.7 Å². The van der Waals surface area contributed by atoms with Crippen LogP contribution in [0.2, 0.25) is 0 Å². The molecule has 39 heavy (non-hydrogen) atoms.